The topological polar surface area (TPSA) is 37.8 Å². The maximum atomic E-state index is 3.98. The molecule has 0 saturated carbocycles. The van der Waals surface area contributed by atoms with Gasteiger partial charge >= 0.3 is 0 Å². The monoisotopic (exact) mass is 233 g/mol. The Kier molecular flexibility index (Phi) is 4.02. The highest BCUT2D eigenvalue weighted by Crippen LogP contribution is 2.05. The third-order valence-corrected chi connectivity index (χ3v) is 3.03. The summed E-state index contributed by atoms with van der Waals surface area (Å²) in [6.45, 7) is 3.83. The minimum Gasteiger partial charge on any atom is -0.307 e. The van der Waals surface area contributed by atoms with Gasteiger partial charge in [0.1, 0.15) is 0 Å². The van der Waals surface area contributed by atoms with Crippen LogP contribution in [0.1, 0.15) is 23.7 Å². The van der Waals surface area contributed by atoms with Crippen LogP contribution in [0.25, 0.3) is 0 Å². The fraction of sp³-hybridized carbons (Fsp3) is 0.333. The number of aryl methyl sites for hydroxylation is 1. The Morgan fingerprint density at radius 3 is 2.50 bits per heavy atom. The SMILES string of the molecule is CCc1ccc(CNCc2csnn2)cc1. The number of hydrogen-bond donors (Lipinski definition) is 1. The lowest BCUT2D eigenvalue weighted by atomic mass is 10.1. The lowest BCUT2D eigenvalue weighted by molar-refractivity contribution is 0.677. The van der Waals surface area contributed by atoms with Crippen molar-refractivity contribution in [3.63, 3.8) is 0 Å². The first-order chi connectivity index (χ1) is 7.88. The summed E-state index contributed by atoms with van der Waals surface area (Å²) in [5, 5.41) is 9.29. The van der Waals surface area contributed by atoms with E-state index in [1.165, 1.54) is 22.7 Å². The van der Waals surface area contributed by atoms with Crippen molar-refractivity contribution < 1.29 is 0 Å². The van der Waals surface area contributed by atoms with Crippen molar-refractivity contribution in [3.8, 4) is 0 Å². The molecule has 0 radical (unpaired) electrons. The molecule has 16 heavy (non-hydrogen) atoms. The van der Waals surface area contributed by atoms with Crippen LogP contribution in [-0.4, -0.2) is 9.59 Å². The van der Waals surface area contributed by atoms with Crippen LogP contribution in [-0.2, 0) is 19.5 Å². The van der Waals surface area contributed by atoms with Crippen molar-refractivity contribution >= 4 is 11.5 Å². The number of aromatic nitrogens is 2. The summed E-state index contributed by atoms with van der Waals surface area (Å²) in [6, 6.07) is 8.71. The standard InChI is InChI=1S/C12H15N3S/c1-2-10-3-5-11(6-4-10)7-13-8-12-9-16-15-14-12/h3-6,9,13H,2,7-8H2,1H3. The molecule has 0 aliphatic rings. The van der Waals surface area contributed by atoms with Crippen molar-refractivity contribution in [2.45, 2.75) is 26.4 Å². The second-order valence-corrected chi connectivity index (χ2v) is 4.28. The molecule has 0 amide bonds. The second-order valence-electron chi connectivity index (χ2n) is 3.67. The Morgan fingerprint density at radius 2 is 1.88 bits per heavy atom. The van der Waals surface area contributed by atoms with Gasteiger partial charge in [0.2, 0.25) is 0 Å². The van der Waals surface area contributed by atoms with Crippen molar-refractivity contribution in [1.29, 1.82) is 0 Å². The molecular weight excluding hydrogens is 218 g/mol. The molecule has 0 spiro atoms. The van der Waals surface area contributed by atoms with E-state index in [-0.39, 0.29) is 0 Å². The van der Waals surface area contributed by atoms with Crippen LogP contribution in [0.2, 0.25) is 0 Å². The number of nitrogens with zero attached hydrogens (tertiary/aromatic N) is 2. The van der Waals surface area contributed by atoms with Crippen LogP contribution < -0.4 is 5.32 Å². The molecule has 1 aromatic carbocycles. The smallest absolute Gasteiger partial charge is 0.0893 e. The first kappa shape index (κ1) is 11.2. The van der Waals surface area contributed by atoms with Gasteiger partial charge in [-0.2, -0.15) is 0 Å². The average Bonchev–Trinajstić information content (AvgIpc) is 2.83. The van der Waals surface area contributed by atoms with E-state index in [1.807, 2.05) is 5.38 Å². The van der Waals surface area contributed by atoms with E-state index in [2.05, 4.69) is 46.1 Å². The molecule has 1 heterocycles. The van der Waals surface area contributed by atoms with Gasteiger partial charge in [0.05, 0.1) is 5.69 Å². The van der Waals surface area contributed by atoms with Gasteiger partial charge < -0.3 is 5.32 Å². The lowest BCUT2D eigenvalue weighted by Crippen LogP contribution is -2.12. The largest absolute Gasteiger partial charge is 0.307 e. The Morgan fingerprint density at radius 1 is 1.12 bits per heavy atom. The van der Waals surface area contributed by atoms with Gasteiger partial charge in [0, 0.05) is 18.5 Å². The van der Waals surface area contributed by atoms with Gasteiger partial charge in [-0.3, -0.25) is 0 Å². The minimum absolute atomic E-state index is 0.784. The quantitative estimate of drug-likeness (QED) is 0.861. The van der Waals surface area contributed by atoms with Crippen molar-refractivity contribution in [1.82, 2.24) is 14.9 Å². The molecule has 4 heteroatoms. The Hall–Kier alpha value is -1.26. The van der Waals surface area contributed by atoms with Crippen LogP contribution in [0.5, 0.6) is 0 Å². The molecule has 0 aliphatic carbocycles. The Labute approximate surface area is 99.7 Å². The third kappa shape index (κ3) is 3.12. The highest BCUT2D eigenvalue weighted by Gasteiger charge is 1.96. The molecule has 3 nitrogen and oxygen atoms in total. The average molecular weight is 233 g/mol. The van der Waals surface area contributed by atoms with E-state index in [4.69, 9.17) is 0 Å². The number of hydrogen-bond acceptors (Lipinski definition) is 4. The summed E-state index contributed by atoms with van der Waals surface area (Å²) >= 11 is 1.39. The van der Waals surface area contributed by atoms with Gasteiger partial charge in [-0.1, -0.05) is 35.7 Å². The number of nitrogens with one attached hydrogen (secondary N) is 1. The highest BCUT2D eigenvalue weighted by molar-refractivity contribution is 7.03. The molecule has 1 aromatic heterocycles. The predicted octanol–water partition coefficient (Wildman–Crippen LogP) is 2.39. The van der Waals surface area contributed by atoms with Gasteiger partial charge in [0.25, 0.3) is 0 Å². The Bertz CT molecular complexity index is 408. The van der Waals surface area contributed by atoms with Crippen LogP contribution >= 0.6 is 11.5 Å². The maximum absolute atomic E-state index is 3.98. The summed E-state index contributed by atoms with van der Waals surface area (Å²) in [7, 11) is 0. The normalized spacial score (nSPS) is 10.6. The highest BCUT2D eigenvalue weighted by atomic mass is 32.1. The van der Waals surface area contributed by atoms with E-state index < -0.39 is 0 Å². The second kappa shape index (κ2) is 5.72. The van der Waals surface area contributed by atoms with Gasteiger partial charge in [-0.25, -0.2) is 0 Å². The molecule has 0 aliphatic heterocycles. The van der Waals surface area contributed by atoms with E-state index >= 15 is 0 Å². The van der Waals surface area contributed by atoms with Crippen LogP contribution in [0.4, 0.5) is 0 Å². The van der Waals surface area contributed by atoms with E-state index in [1.54, 1.807) is 0 Å². The first-order valence-electron chi connectivity index (χ1n) is 5.43. The van der Waals surface area contributed by atoms with Crippen molar-refractivity contribution in [3.05, 3.63) is 46.5 Å². The summed E-state index contributed by atoms with van der Waals surface area (Å²) in [5.74, 6) is 0. The molecule has 0 fully saturated rings. The zero-order valence-electron chi connectivity index (χ0n) is 9.31. The van der Waals surface area contributed by atoms with Crippen molar-refractivity contribution in [2.75, 3.05) is 0 Å². The van der Waals surface area contributed by atoms with E-state index in [0.29, 0.717) is 0 Å². The van der Waals surface area contributed by atoms with Gasteiger partial charge in [-0.15, -0.1) is 5.10 Å². The summed E-state index contributed by atoms with van der Waals surface area (Å²) in [4.78, 5) is 0. The molecule has 2 aromatic rings. The molecule has 0 saturated heterocycles. The molecule has 1 N–H and O–H groups in total. The van der Waals surface area contributed by atoms with Crippen LogP contribution in [0.15, 0.2) is 29.6 Å². The van der Waals surface area contributed by atoms with Crippen LogP contribution in [0.3, 0.4) is 0 Å². The minimum atomic E-state index is 0.784. The van der Waals surface area contributed by atoms with E-state index in [9.17, 15) is 0 Å². The summed E-state index contributed by atoms with van der Waals surface area (Å²) < 4.78 is 3.82. The zero-order valence-corrected chi connectivity index (χ0v) is 10.1. The first-order valence-corrected chi connectivity index (χ1v) is 6.26. The summed E-state index contributed by atoms with van der Waals surface area (Å²) in [6.07, 6.45) is 1.10. The number of benzene rings is 1. The van der Waals surface area contributed by atoms with Gasteiger partial charge in [0.15, 0.2) is 0 Å². The Balaban J connectivity index is 1.81. The molecule has 84 valence electrons. The molecule has 0 unspecified atom stereocenters. The zero-order chi connectivity index (χ0) is 11.2. The van der Waals surface area contributed by atoms with E-state index in [0.717, 1.165) is 25.2 Å². The fourth-order valence-electron chi connectivity index (χ4n) is 1.49. The van der Waals surface area contributed by atoms with Crippen molar-refractivity contribution in [2.24, 2.45) is 0 Å². The number of rotatable bonds is 5. The molecule has 0 bridgehead atoms. The maximum Gasteiger partial charge on any atom is 0.0893 e. The lowest BCUT2D eigenvalue weighted by Gasteiger charge is -2.03. The fourth-order valence-corrected chi connectivity index (χ4v) is 1.94. The molecule has 2 rings (SSSR count). The predicted molar refractivity (Wildman–Crippen MR) is 66.3 cm³/mol. The molecular formula is C12H15N3S. The summed E-state index contributed by atoms with van der Waals surface area (Å²) in [5.41, 5.74) is 3.70. The van der Waals surface area contributed by atoms with Crippen LogP contribution in [0, 0.1) is 0 Å². The molecule has 0 atom stereocenters. The van der Waals surface area contributed by atoms with Gasteiger partial charge in [-0.05, 0) is 29.1 Å². The third-order valence-electron chi connectivity index (χ3n) is 2.47.